The summed E-state index contributed by atoms with van der Waals surface area (Å²) in [6.07, 6.45) is -4.39. The number of amides is 1. The van der Waals surface area contributed by atoms with Crippen LogP contribution in [0.15, 0.2) is 35.2 Å². The van der Waals surface area contributed by atoms with Crippen molar-refractivity contribution in [3.05, 3.63) is 35.7 Å². The van der Waals surface area contributed by atoms with E-state index in [1.807, 2.05) is 20.8 Å². The van der Waals surface area contributed by atoms with Crippen molar-refractivity contribution in [1.29, 1.82) is 0 Å². The summed E-state index contributed by atoms with van der Waals surface area (Å²) >= 11 is 1.08. The van der Waals surface area contributed by atoms with Crippen molar-refractivity contribution in [3.8, 4) is 5.75 Å². The van der Waals surface area contributed by atoms with Crippen LogP contribution in [0.4, 0.5) is 27.6 Å². The molecule has 0 saturated carbocycles. The van der Waals surface area contributed by atoms with Gasteiger partial charge in [-0.3, -0.25) is 9.79 Å². The van der Waals surface area contributed by atoms with E-state index in [4.69, 9.17) is 4.74 Å². The van der Waals surface area contributed by atoms with Crippen molar-refractivity contribution in [2.75, 3.05) is 25.0 Å². The van der Waals surface area contributed by atoms with E-state index >= 15 is 0 Å². The Morgan fingerprint density at radius 2 is 2.06 bits per heavy atom. The smallest absolute Gasteiger partial charge is 0.420 e. The van der Waals surface area contributed by atoms with E-state index < -0.39 is 30.5 Å². The summed E-state index contributed by atoms with van der Waals surface area (Å²) in [7, 11) is 0. The highest BCUT2D eigenvalue weighted by molar-refractivity contribution is 8.16. The maximum Gasteiger partial charge on any atom is 0.420 e. The van der Waals surface area contributed by atoms with Gasteiger partial charge >= 0.3 is 6.18 Å². The van der Waals surface area contributed by atoms with Gasteiger partial charge in [-0.25, -0.2) is 8.78 Å². The fraction of sp³-hybridized carbons (Fsp3) is 0.600. The third-order valence-electron chi connectivity index (χ3n) is 5.21. The Morgan fingerprint density at radius 1 is 1.33 bits per heavy atom. The zero-order chi connectivity index (χ0) is 27.1. The molecule has 1 aliphatic heterocycles. The van der Waals surface area contributed by atoms with Crippen LogP contribution in [0.25, 0.3) is 0 Å². The first kappa shape index (κ1) is 31.7. The quantitative estimate of drug-likeness (QED) is 0.137. The van der Waals surface area contributed by atoms with Crippen molar-refractivity contribution in [2.45, 2.75) is 77.9 Å². The van der Waals surface area contributed by atoms with Gasteiger partial charge in [-0.05, 0) is 42.9 Å². The summed E-state index contributed by atoms with van der Waals surface area (Å²) in [5.74, 6) is -0.855. The molecule has 1 amide bonds. The zero-order valence-corrected chi connectivity index (χ0v) is 21.9. The van der Waals surface area contributed by atoms with Gasteiger partial charge in [0.15, 0.2) is 5.17 Å². The Balaban J connectivity index is 0.00000316. The number of hydrogen-bond acceptors (Lipinski definition) is 4. The highest BCUT2D eigenvalue weighted by atomic mass is 32.2. The van der Waals surface area contributed by atoms with Crippen LogP contribution in [0.2, 0.25) is 0 Å². The number of benzene rings is 1. The molecule has 0 bridgehead atoms. The van der Waals surface area contributed by atoms with E-state index in [2.05, 4.69) is 16.9 Å². The molecular weight excluding hydrogens is 501 g/mol. The molecule has 0 aliphatic carbocycles. The number of thioether (sulfide) groups is 1. The molecule has 5 nitrogen and oxygen atoms in total. The zero-order valence-electron chi connectivity index (χ0n) is 21.0. The molecule has 1 saturated heterocycles. The molecule has 1 N–H and O–H groups in total. The summed E-state index contributed by atoms with van der Waals surface area (Å²) in [5.41, 5.74) is -0.727. The molecule has 204 valence electrons. The first-order valence-electron chi connectivity index (χ1n) is 12.2. The second kappa shape index (κ2) is 16.4. The molecule has 0 radical (unpaired) electrons. The lowest BCUT2D eigenvalue weighted by Gasteiger charge is -2.23. The second-order valence-electron chi connectivity index (χ2n) is 7.80. The highest BCUT2D eigenvalue weighted by Gasteiger charge is 2.35. The molecule has 0 aromatic heterocycles. The first-order chi connectivity index (χ1) is 17.2. The number of amidine groups is 1. The van der Waals surface area contributed by atoms with Crippen molar-refractivity contribution in [1.82, 2.24) is 4.90 Å². The highest BCUT2D eigenvalue weighted by Crippen LogP contribution is 2.38. The van der Waals surface area contributed by atoms with Gasteiger partial charge in [0.2, 0.25) is 12.3 Å². The summed E-state index contributed by atoms with van der Waals surface area (Å²) in [5, 5.41) is 4.61. The van der Waals surface area contributed by atoms with E-state index in [0.717, 1.165) is 30.7 Å². The Labute approximate surface area is 214 Å². The van der Waals surface area contributed by atoms with E-state index in [9.17, 15) is 26.7 Å². The number of nitrogens with one attached hydrogen (secondary N) is 1. The molecule has 0 spiro atoms. The normalized spacial score (nSPS) is 16.0. The number of rotatable bonds is 11. The predicted octanol–water partition coefficient (Wildman–Crippen LogP) is 7.59. The van der Waals surface area contributed by atoms with E-state index in [-0.39, 0.29) is 35.8 Å². The SMILES string of the molecule is C=CSC(=NCC1CCCN1C(=O)CC(F)F)Nc1ccc(OCCCCC)c(C(F)(F)F)c1.CC. The largest absolute Gasteiger partial charge is 0.493 e. The average molecular weight is 538 g/mol. The van der Waals surface area contributed by atoms with Crippen LogP contribution in [0.5, 0.6) is 5.75 Å². The number of aliphatic imine (C=N–C) groups is 1. The van der Waals surface area contributed by atoms with Gasteiger partial charge in [0.05, 0.1) is 31.2 Å². The van der Waals surface area contributed by atoms with Gasteiger partial charge in [0, 0.05) is 12.2 Å². The molecule has 1 atom stereocenters. The van der Waals surface area contributed by atoms with Crippen LogP contribution in [0.1, 0.15) is 64.9 Å². The van der Waals surface area contributed by atoms with Crippen LogP contribution in [-0.4, -0.2) is 48.1 Å². The van der Waals surface area contributed by atoms with Crippen LogP contribution in [0, 0.1) is 0 Å². The number of ether oxygens (including phenoxy) is 1. The molecular formula is C25H36F5N3O2S. The van der Waals surface area contributed by atoms with Gasteiger partial charge in [0.25, 0.3) is 0 Å². The number of halogens is 5. The first-order valence-corrected chi connectivity index (χ1v) is 13.0. The van der Waals surface area contributed by atoms with Gasteiger partial charge in [-0.15, -0.1) is 0 Å². The Kier molecular flexibility index (Phi) is 14.5. The third kappa shape index (κ3) is 10.8. The minimum absolute atomic E-state index is 0.142. The molecule has 1 heterocycles. The van der Waals surface area contributed by atoms with Gasteiger partial charge < -0.3 is 15.0 Å². The maximum atomic E-state index is 13.6. The van der Waals surface area contributed by atoms with Crippen molar-refractivity contribution in [2.24, 2.45) is 4.99 Å². The Morgan fingerprint density at radius 3 is 2.67 bits per heavy atom. The minimum atomic E-state index is -4.60. The molecule has 11 heteroatoms. The maximum absolute atomic E-state index is 13.6. The van der Waals surface area contributed by atoms with Crippen LogP contribution in [0.3, 0.4) is 0 Å². The van der Waals surface area contributed by atoms with Crippen molar-refractivity contribution < 1.29 is 31.5 Å². The molecule has 1 aliphatic rings. The average Bonchev–Trinajstić information content (AvgIpc) is 3.30. The molecule has 1 fully saturated rings. The monoisotopic (exact) mass is 537 g/mol. The number of nitrogens with zero attached hydrogens (tertiary/aromatic N) is 2. The number of carbonyl (C=O) groups excluding carboxylic acids is 1. The van der Waals surface area contributed by atoms with Crippen LogP contribution in [-0.2, 0) is 11.0 Å². The van der Waals surface area contributed by atoms with Crippen molar-refractivity contribution >= 4 is 28.5 Å². The fourth-order valence-electron chi connectivity index (χ4n) is 3.59. The summed E-state index contributed by atoms with van der Waals surface area (Å²) in [6, 6.07) is 3.37. The predicted molar refractivity (Wildman–Crippen MR) is 137 cm³/mol. The Hall–Kier alpha value is -2.30. The minimum Gasteiger partial charge on any atom is -0.493 e. The molecule has 2 rings (SSSR count). The standard InChI is InChI=1S/C23H30F5N3O2S.C2H6/c1-3-5-6-12-33-19-10-9-16(13-18(19)23(26,27)28)30-22(34-4-2)29-15-17-8-7-11-31(17)21(32)14-20(24)25;1-2/h4,9-10,13,17,20H,2-3,5-8,11-12,14-15H2,1H3,(H,29,30);1-2H3. The molecule has 1 aromatic rings. The van der Waals surface area contributed by atoms with E-state index in [1.165, 1.54) is 22.4 Å². The van der Waals surface area contributed by atoms with Gasteiger partial charge in [-0.2, -0.15) is 13.2 Å². The summed E-state index contributed by atoms with van der Waals surface area (Å²) < 4.78 is 71.3. The Bertz CT molecular complexity index is 849. The second-order valence-corrected chi connectivity index (χ2v) is 8.75. The summed E-state index contributed by atoms with van der Waals surface area (Å²) in [4.78, 5) is 17.8. The van der Waals surface area contributed by atoms with Gasteiger partial charge in [-0.1, -0.05) is 52.0 Å². The third-order valence-corrected chi connectivity index (χ3v) is 5.83. The van der Waals surface area contributed by atoms with Crippen LogP contribution >= 0.6 is 11.8 Å². The molecule has 1 unspecified atom stereocenters. The molecule has 36 heavy (non-hydrogen) atoms. The van der Waals surface area contributed by atoms with Gasteiger partial charge in [0.1, 0.15) is 5.75 Å². The number of carbonyl (C=O) groups is 1. The lowest BCUT2D eigenvalue weighted by atomic mass is 10.1. The van der Waals surface area contributed by atoms with Crippen LogP contribution < -0.4 is 10.1 Å². The topological polar surface area (TPSA) is 53.9 Å². The lowest BCUT2D eigenvalue weighted by Crippen LogP contribution is -2.38. The summed E-state index contributed by atoms with van der Waals surface area (Å²) in [6.45, 7) is 10.3. The fourth-order valence-corrected chi connectivity index (χ4v) is 4.07. The molecule has 1 aromatic carbocycles. The lowest BCUT2D eigenvalue weighted by molar-refractivity contribution is -0.139. The van der Waals surface area contributed by atoms with E-state index in [0.29, 0.717) is 25.8 Å². The number of anilines is 1. The number of likely N-dealkylation sites (tertiary alicyclic amines) is 1. The number of hydrogen-bond donors (Lipinski definition) is 1. The number of alkyl halides is 5. The van der Waals surface area contributed by atoms with Crippen molar-refractivity contribution in [3.63, 3.8) is 0 Å². The van der Waals surface area contributed by atoms with E-state index in [1.54, 1.807) is 0 Å². The number of unbranched alkanes of at least 4 members (excludes halogenated alkanes) is 2.